The lowest BCUT2D eigenvalue weighted by Gasteiger charge is -2.26. The van der Waals surface area contributed by atoms with Crippen molar-refractivity contribution in [1.29, 1.82) is 0 Å². The molecule has 0 radical (unpaired) electrons. The molecule has 2 aromatic rings. The Kier molecular flexibility index (Phi) is 6.38. The van der Waals surface area contributed by atoms with E-state index in [4.69, 9.17) is 4.74 Å². The third kappa shape index (κ3) is 4.63. The summed E-state index contributed by atoms with van der Waals surface area (Å²) in [5, 5.41) is 9.30. The van der Waals surface area contributed by atoms with Crippen molar-refractivity contribution >= 4 is 23.6 Å². The molecule has 0 heterocycles. The van der Waals surface area contributed by atoms with E-state index in [0.29, 0.717) is 5.69 Å². The fourth-order valence-electron chi connectivity index (χ4n) is 2.49. The van der Waals surface area contributed by atoms with E-state index in [1.54, 1.807) is 18.2 Å². The van der Waals surface area contributed by atoms with Crippen LogP contribution >= 0.6 is 0 Å². The van der Waals surface area contributed by atoms with Crippen LogP contribution in [0.25, 0.3) is 0 Å². The van der Waals surface area contributed by atoms with Crippen molar-refractivity contribution in [2.45, 2.75) is 19.9 Å². The Labute approximate surface area is 152 Å². The van der Waals surface area contributed by atoms with Gasteiger partial charge in [-0.3, -0.25) is 9.80 Å². The predicted molar refractivity (Wildman–Crippen MR) is 102 cm³/mol. The molecule has 136 valence electrons. The summed E-state index contributed by atoms with van der Waals surface area (Å²) in [6.45, 7) is 7.47. The van der Waals surface area contributed by atoms with E-state index < -0.39 is 12.2 Å². The number of carbonyl (C=O) groups is 2. The van der Waals surface area contributed by atoms with Gasteiger partial charge in [0.05, 0.1) is 5.69 Å². The standard InChI is InChI=1S/C20H22N2O4/c1-4-13-21(19(23)24)17-11-8-12-18(14-17)26-20(25)22(15(2)3)16-9-6-5-7-10-16/h4-12,14-15H,1,13H2,2-3H3,(H,23,24). The first-order valence-corrected chi connectivity index (χ1v) is 8.21. The van der Waals surface area contributed by atoms with Gasteiger partial charge in [0.1, 0.15) is 5.75 Å². The summed E-state index contributed by atoms with van der Waals surface area (Å²) in [7, 11) is 0. The Morgan fingerprint density at radius 2 is 1.77 bits per heavy atom. The number of hydrogen-bond donors (Lipinski definition) is 1. The number of carboxylic acid groups (broad SMARTS) is 1. The summed E-state index contributed by atoms with van der Waals surface area (Å²) in [6.07, 6.45) is -0.154. The van der Waals surface area contributed by atoms with E-state index in [0.717, 1.165) is 10.6 Å². The number of benzene rings is 2. The third-order valence-electron chi connectivity index (χ3n) is 3.62. The van der Waals surface area contributed by atoms with Crippen molar-refractivity contribution in [3.63, 3.8) is 0 Å². The highest BCUT2D eigenvalue weighted by atomic mass is 16.6. The van der Waals surface area contributed by atoms with Crippen LogP contribution in [0.1, 0.15) is 13.8 Å². The Morgan fingerprint density at radius 3 is 2.35 bits per heavy atom. The van der Waals surface area contributed by atoms with Gasteiger partial charge < -0.3 is 9.84 Å². The van der Waals surface area contributed by atoms with Crippen molar-refractivity contribution in [1.82, 2.24) is 0 Å². The van der Waals surface area contributed by atoms with Crippen molar-refractivity contribution in [3.8, 4) is 5.75 Å². The Bertz CT molecular complexity index is 774. The Morgan fingerprint density at radius 1 is 1.12 bits per heavy atom. The zero-order chi connectivity index (χ0) is 19.1. The molecule has 0 fully saturated rings. The van der Waals surface area contributed by atoms with Gasteiger partial charge in [0.15, 0.2) is 0 Å². The largest absolute Gasteiger partial charge is 0.465 e. The molecular weight excluding hydrogens is 332 g/mol. The summed E-state index contributed by atoms with van der Waals surface area (Å²) in [6, 6.07) is 15.5. The number of amides is 2. The lowest BCUT2D eigenvalue weighted by Crippen LogP contribution is -2.39. The quantitative estimate of drug-likeness (QED) is 0.759. The number of rotatable bonds is 6. The molecule has 1 N–H and O–H groups in total. The minimum Gasteiger partial charge on any atom is -0.465 e. The topological polar surface area (TPSA) is 70.1 Å². The van der Waals surface area contributed by atoms with Crippen molar-refractivity contribution < 1.29 is 19.4 Å². The van der Waals surface area contributed by atoms with E-state index in [-0.39, 0.29) is 18.3 Å². The first kappa shape index (κ1) is 19.1. The van der Waals surface area contributed by atoms with E-state index in [9.17, 15) is 14.7 Å². The first-order chi connectivity index (χ1) is 12.4. The zero-order valence-electron chi connectivity index (χ0n) is 14.8. The zero-order valence-corrected chi connectivity index (χ0v) is 14.8. The van der Waals surface area contributed by atoms with Gasteiger partial charge in [-0.15, -0.1) is 6.58 Å². The number of ether oxygens (including phenoxy) is 1. The summed E-state index contributed by atoms with van der Waals surface area (Å²) in [5.41, 5.74) is 1.13. The van der Waals surface area contributed by atoms with Crippen LogP contribution in [-0.4, -0.2) is 29.9 Å². The van der Waals surface area contributed by atoms with Crippen LogP contribution in [0.3, 0.4) is 0 Å². The number of nitrogens with zero attached hydrogens (tertiary/aromatic N) is 2. The summed E-state index contributed by atoms with van der Waals surface area (Å²) < 4.78 is 5.48. The third-order valence-corrected chi connectivity index (χ3v) is 3.62. The molecule has 6 nitrogen and oxygen atoms in total. The van der Waals surface area contributed by atoms with E-state index in [1.807, 2.05) is 44.2 Å². The minimum atomic E-state index is -1.11. The van der Waals surface area contributed by atoms with Gasteiger partial charge in [-0.1, -0.05) is 30.3 Å². The van der Waals surface area contributed by atoms with Crippen molar-refractivity contribution in [2.75, 3.05) is 16.3 Å². The second kappa shape index (κ2) is 8.71. The highest BCUT2D eigenvalue weighted by molar-refractivity contribution is 5.90. The van der Waals surface area contributed by atoms with Crippen LogP contribution < -0.4 is 14.5 Å². The maximum Gasteiger partial charge on any atom is 0.419 e. The first-order valence-electron chi connectivity index (χ1n) is 8.21. The molecule has 0 aromatic heterocycles. The lowest BCUT2D eigenvalue weighted by molar-refractivity contribution is 0.202. The van der Waals surface area contributed by atoms with E-state index in [2.05, 4.69) is 6.58 Å². The fourth-order valence-corrected chi connectivity index (χ4v) is 2.49. The monoisotopic (exact) mass is 354 g/mol. The van der Waals surface area contributed by atoms with Crippen molar-refractivity contribution in [2.24, 2.45) is 0 Å². The molecule has 0 unspecified atom stereocenters. The fraction of sp³-hybridized carbons (Fsp3) is 0.200. The molecule has 2 aromatic carbocycles. The number of carbonyl (C=O) groups excluding carboxylic acids is 1. The highest BCUT2D eigenvalue weighted by Gasteiger charge is 2.21. The van der Waals surface area contributed by atoms with Gasteiger partial charge in [0.2, 0.25) is 0 Å². The molecule has 6 heteroatoms. The second-order valence-corrected chi connectivity index (χ2v) is 5.85. The molecule has 0 aliphatic rings. The van der Waals surface area contributed by atoms with Gasteiger partial charge in [-0.25, -0.2) is 9.59 Å². The summed E-state index contributed by atoms with van der Waals surface area (Å²) >= 11 is 0. The van der Waals surface area contributed by atoms with Gasteiger partial charge in [-0.05, 0) is 38.1 Å². The van der Waals surface area contributed by atoms with E-state index in [1.165, 1.54) is 17.0 Å². The number of para-hydroxylation sites is 1. The smallest absolute Gasteiger partial charge is 0.419 e. The number of hydrogen-bond acceptors (Lipinski definition) is 3. The van der Waals surface area contributed by atoms with Crippen molar-refractivity contribution in [3.05, 3.63) is 67.3 Å². The molecular formula is C20H22N2O4. The van der Waals surface area contributed by atoms with Crippen LogP contribution in [0.5, 0.6) is 5.75 Å². The summed E-state index contributed by atoms with van der Waals surface area (Å²) in [5.74, 6) is 0.268. The van der Waals surface area contributed by atoms with E-state index >= 15 is 0 Å². The molecule has 0 atom stereocenters. The number of anilines is 2. The molecule has 2 rings (SSSR count). The lowest BCUT2D eigenvalue weighted by atomic mass is 10.2. The second-order valence-electron chi connectivity index (χ2n) is 5.85. The predicted octanol–water partition coefficient (Wildman–Crippen LogP) is 4.77. The van der Waals surface area contributed by atoms with Crippen LogP contribution in [-0.2, 0) is 0 Å². The molecule has 0 spiro atoms. The highest BCUT2D eigenvalue weighted by Crippen LogP contribution is 2.24. The normalized spacial score (nSPS) is 10.3. The molecule has 26 heavy (non-hydrogen) atoms. The maximum atomic E-state index is 12.7. The van der Waals surface area contributed by atoms with Crippen LogP contribution in [0.15, 0.2) is 67.3 Å². The van der Waals surface area contributed by atoms with Crippen LogP contribution in [0, 0.1) is 0 Å². The Hall–Kier alpha value is -3.28. The molecule has 0 aliphatic heterocycles. The van der Waals surface area contributed by atoms with Gasteiger partial charge >= 0.3 is 12.2 Å². The molecule has 0 saturated carbocycles. The maximum absolute atomic E-state index is 12.7. The molecule has 0 saturated heterocycles. The Balaban J connectivity index is 2.24. The molecule has 0 bridgehead atoms. The van der Waals surface area contributed by atoms with Crippen LogP contribution in [0.4, 0.5) is 21.0 Å². The van der Waals surface area contributed by atoms with Gasteiger partial charge in [0.25, 0.3) is 0 Å². The van der Waals surface area contributed by atoms with Crippen LogP contribution in [0.2, 0.25) is 0 Å². The average molecular weight is 354 g/mol. The summed E-state index contributed by atoms with van der Waals surface area (Å²) in [4.78, 5) is 26.7. The van der Waals surface area contributed by atoms with Gasteiger partial charge in [0, 0.05) is 24.3 Å². The SMILES string of the molecule is C=CCN(C(=O)O)c1cccc(OC(=O)N(c2ccccc2)C(C)C)c1. The molecule has 0 aliphatic carbocycles. The average Bonchev–Trinajstić information content (AvgIpc) is 2.60. The minimum absolute atomic E-state index is 0.107. The van der Waals surface area contributed by atoms with Gasteiger partial charge in [-0.2, -0.15) is 0 Å². The molecule has 2 amide bonds.